The first-order chi connectivity index (χ1) is 23.0. The molecule has 250 valence electrons. The number of rotatable bonds is 8. The summed E-state index contributed by atoms with van der Waals surface area (Å²) in [6.07, 6.45) is 12.6. The van der Waals surface area contributed by atoms with Gasteiger partial charge in [-0.1, -0.05) is 84.7 Å². The second kappa shape index (κ2) is 14.3. The molecule has 0 spiro atoms. The Kier molecular flexibility index (Phi) is 10.5. The molecule has 5 heterocycles. The number of methoxy groups -OCH3 is 1. The molecule has 2 aliphatic heterocycles. The second-order valence-electron chi connectivity index (χ2n) is 12.6. The summed E-state index contributed by atoms with van der Waals surface area (Å²) in [4.78, 5) is 55.3. The van der Waals surface area contributed by atoms with Crippen LogP contribution in [0, 0.1) is 38.5 Å². The van der Waals surface area contributed by atoms with Gasteiger partial charge in [-0.3, -0.25) is 14.4 Å². The van der Waals surface area contributed by atoms with Crippen LogP contribution >= 0.6 is 0 Å². The molecule has 0 unspecified atom stereocenters. The molecule has 8 bridgehead atoms. The number of allylic oxidation sites excluding steroid dienone is 3. The average Bonchev–Trinajstić information content (AvgIpc) is 3.80. The van der Waals surface area contributed by atoms with E-state index in [4.69, 9.17) is 29.7 Å². The van der Waals surface area contributed by atoms with E-state index < -0.39 is 11.9 Å². The topological polar surface area (TPSA) is 126 Å². The van der Waals surface area contributed by atoms with Gasteiger partial charge in [0, 0.05) is 12.0 Å². The molecule has 0 N–H and O–H groups in total. The van der Waals surface area contributed by atoms with Crippen LogP contribution < -0.4 is 25.7 Å². The summed E-state index contributed by atoms with van der Waals surface area (Å²) in [5, 5.41) is 6.73. The molecule has 0 radical (unpaired) electrons. The van der Waals surface area contributed by atoms with E-state index in [0.29, 0.717) is 40.2 Å². The van der Waals surface area contributed by atoms with Crippen molar-refractivity contribution in [2.75, 3.05) is 13.7 Å². The Morgan fingerprint density at radius 3 is 2.37 bits per heavy atom. The van der Waals surface area contributed by atoms with Crippen LogP contribution in [0.3, 0.4) is 0 Å². The Morgan fingerprint density at radius 1 is 0.980 bits per heavy atom. The number of ketones is 1. The SMILES string of the molecule is C=Cc1c2[n-]c(c1C)/C=C1\[N-]/C(=C3\c4[n-]c(c(C)c4C(=O)[C@@H]3C(=O)OC)/C=c3\[n-]/c(c(C)c3CC)=C\2)[C@@H](CCC(=O)OC/C=C\C)[C@@H]1C.[Mg+2]. The molecule has 3 aromatic heterocycles. The summed E-state index contributed by atoms with van der Waals surface area (Å²) in [7, 11) is 1.28. The minimum absolute atomic E-state index is 0. The third-order valence-electron chi connectivity index (χ3n) is 9.98. The maximum absolute atomic E-state index is 14.1. The quantitative estimate of drug-likeness (QED) is 0.148. The van der Waals surface area contributed by atoms with E-state index in [2.05, 4.69) is 20.4 Å². The first-order valence-electron chi connectivity index (χ1n) is 16.4. The molecule has 10 heteroatoms. The minimum atomic E-state index is -1.21. The van der Waals surface area contributed by atoms with E-state index in [9.17, 15) is 14.4 Å². The zero-order valence-electron chi connectivity index (χ0n) is 29.3. The number of hydrogen-bond acceptors (Lipinski definition) is 5. The molecule has 49 heavy (non-hydrogen) atoms. The van der Waals surface area contributed by atoms with Crippen LogP contribution in [0.15, 0.2) is 30.1 Å². The number of aromatic nitrogens is 3. The fraction of sp³-hybridized carbons (Fsp3) is 0.359. The van der Waals surface area contributed by atoms with Crippen LogP contribution in [0.1, 0.15) is 94.6 Å². The minimum Gasteiger partial charge on any atom is -0.664 e. The summed E-state index contributed by atoms with van der Waals surface area (Å²) in [5.74, 6) is -3.05. The van der Waals surface area contributed by atoms with Gasteiger partial charge in [-0.05, 0) is 57.9 Å². The van der Waals surface area contributed by atoms with Crippen molar-refractivity contribution < 1.29 is 23.9 Å². The van der Waals surface area contributed by atoms with Crippen LogP contribution in [0.25, 0.3) is 35.2 Å². The Morgan fingerprint density at radius 2 is 1.69 bits per heavy atom. The zero-order valence-corrected chi connectivity index (χ0v) is 30.7. The van der Waals surface area contributed by atoms with Crippen LogP contribution in [0.5, 0.6) is 0 Å². The summed E-state index contributed by atoms with van der Waals surface area (Å²) >= 11 is 0. The first-order valence-corrected chi connectivity index (χ1v) is 16.4. The fourth-order valence-electron chi connectivity index (χ4n) is 7.23. The van der Waals surface area contributed by atoms with Crippen molar-refractivity contribution >= 4 is 70.7 Å². The van der Waals surface area contributed by atoms with Crippen molar-refractivity contribution in [1.82, 2.24) is 15.0 Å². The average molecular weight is 669 g/mol. The van der Waals surface area contributed by atoms with Gasteiger partial charge in [-0.15, -0.1) is 33.5 Å². The molecule has 3 aromatic rings. The number of Topliss-reactive ketones (excluding diaryl/α,β-unsaturated/α-hetero) is 1. The number of carbonyl (C=O) groups excluding carboxylic acids is 3. The molecule has 3 atom stereocenters. The van der Waals surface area contributed by atoms with Gasteiger partial charge < -0.3 is 29.7 Å². The third-order valence-corrected chi connectivity index (χ3v) is 9.98. The maximum atomic E-state index is 14.1. The van der Waals surface area contributed by atoms with Crippen molar-refractivity contribution in [2.24, 2.45) is 17.8 Å². The van der Waals surface area contributed by atoms with Gasteiger partial charge in [0.05, 0.1) is 7.11 Å². The fourth-order valence-corrected chi connectivity index (χ4v) is 7.23. The smallest absolute Gasteiger partial charge is 0.664 e. The Hall–Kier alpha value is -4.28. The van der Waals surface area contributed by atoms with Gasteiger partial charge in [-0.2, -0.15) is 11.4 Å². The van der Waals surface area contributed by atoms with Crippen molar-refractivity contribution in [3.63, 3.8) is 0 Å². The van der Waals surface area contributed by atoms with E-state index in [-0.39, 0.29) is 59.7 Å². The van der Waals surface area contributed by atoms with Gasteiger partial charge >= 0.3 is 35.0 Å². The van der Waals surface area contributed by atoms with Gasteiger partial charge in [0.25, 0.3) is 0 Å². The maximum Gasteiger partial charge on any atom is 2.00 e. The normalized spacial score (nSPS) is 23.1. The Bertz CT molecular complexity index is 2090. The van der Waals surface area contributed by atoms with Crippen molar-refractivity contribution in [3.8, 4) is 0 Å². The second-order valence-corrected chi connectivity index (χ2v) is 12.6. The Balaban J connectivity index is 0.00000468. The largest absolute Gasteiger partial charge is 2.00 e. The Labute approximate surface area is 302 Å². The summed E-state index contributed by atoms with van der Waals surface area (Å²) in [5.41, 5.74) is 9.38. The first kappa shape index (κ1) is 36.0. The number of hydrogen-bond donors (Lipinski definition) is 0. The van der Waals surface area contributed by atoms with Crippen LogP contribution in [0.2, 0.25) is 0 Å². The number of nitrogens with zero attached hydrogens (tertiary/aromatic N) is 4. The van der Waals surface area contributed by atoms with Gasteiger partial charge in [-0.25, -0.2) is 0 Å². The molecule has 1 aliphatic carbocycles. The molecule has 9 nitrogen and oxygen atoms in total. The molecular weight excluding hydrogens is 629 g/mol. The predicted octanol–water partition coefficient (Wildman–Crippen LogP) is 4.56. The van der Waals surface area contributed by atoms with Crippen LogP contribution in [-0.4, -0.2) is 54.5 Å². The third kappa shape index (κ3) is 6.10. The predicted molar refractivity (Wildman–Crippen MR) is 191 cm³/mol. The van der Waals surface area contributed by atoms with Crippen molar-refractivity contribution in [3.05, 3.63) is 102 Å². The molecule has 6 rings (SSSR count). The molecule has 1 fully saturated rings. The van der Waals surface area contributed by atoms with E-state index in [1.165, 1.54) is 7.11 Å². The van der Waals surface area contributed by atoms with Crippen molar-refractivity contribution in [2.45, 2.75) is 60.8 Å². The molecule has 0 amide bonds. The number of ether oxygens (including phenoxy) is 2. The van der Waals surface area contributed by atoms with Gasteiger partial charge in [0.15, 0.2) is 5.78 Å². The molecular formula is C39H40MgN4O5-2. The van der Waals surface area contributed by atoms with Crippen LogP contribution in [0.4, 0.5) is 0 Å². The van der Waals surface area contributed by atoms with Gasteiger partial charge in [0.1, 0.15) is 12.5 Å². The van der Waals surface area contributed by atoms with E-state index >= 15 is 0 Å². The monoisotopic (exact) mass is 668 g/mol. The van der Waals surface area contributed by atoms with Crippen molar-refractivity contribution in [1.29, 1.82) is 0 Å². The molecule has 3 aliphatic rings. The van der Waals surface area contributed by atoms with Crippen LogP contribution in [-0.2, 0) is 25.5 Å². The summed E-state index contributed by atoms with van der Waals surface area (Å²) in [6.45, 7) is 16.2. The standard InChI is InChI=1S/C39H41N4O5.Mg/c1-9-12-15-48-32(44)14-13-25-21(6)28-16-26-19(4)23(10-2)30(40-26)17-27-20(5)24(11-3)31(41-27)18-29-22(7)33-37(43-29)34(36(25)42-28)35(38(33)45)39(46)47-8;/h9-10,12,16-18,21,25,35H,2,11,13-15H2,1,3-8H3,(H-,42,43,45);/q-3;+2/p-1/b12-9-,27-17-,28-16-,31-18-;/t21-,25-,35+;/m0./s1. The number of carbonyl (C=O) groups is 3. The van der Waals surface area contributed by atoms with Gasteiger partial charge in [0.2, 0.25) is 0 Å². The van der Waals surface area contributed by atoms with E-state index in [0.717, 1.165) is 56.5 Å². The molecule has 0 saturated carbocycles. The zero-order chi connectivity index (χ0) is 34.4. The summed E-state index contributed by atoms with van der Waals surface area (Å²) < 4.78 is 10.6. The van der Waals surface area contributed by atoms with E-state index in [1.807, 2.05) is 58.1 Å². The molecule has 0 aromatic carbocycles. The van der Waals surface area contributed by atoms with E-state index in [1.54, 1.807) is 6.08 Å². The molecule has 1 saturated heterocycles. The summed E-state index contributed by atoms with van der Waals surface area (Å²) in [6, 6.07) is 0. The number of esters is 2. The number of fused-ring (bicyclic) bond motifs is 7.